The van der Waals surface area contributed by atoms with Crippen LogP contribution in [0.3, 0.4) is 0 Å². The van der Waals surface area contributed by atoms with E-state index >= 15 is 0 Å². The fraction of sp³-hybridized carbons (Fsp3) is 0.571. The first-order valence-electron chi connectivity index (χ1n) is 5.64. The van der Waals surface area contributed by atoms with Crippen LogP contribution >= 0.6 is 0 Å². The topological polar surface area (TPSA) is 18.5 Å². The SMILES string of the molecule is CC(C)(C)Oc1cccc(OC(C)(C)C)c1. The molecule has 0 bridgehead atoms. The number of ether oxygens (including phenoxy) is 2. The summed E-state index contributed by atoms with van der Waals surface area (Å²) in [4.78, 5) is 0. The van der Waals surface area contributed by atoms with Gasteiger partial charge in [0.15, 0.2) is 0 Å². The molecule has 2 heteroatoms. The van der Waals surface area contributed by atoms with Gasteiger partial charge in [-0.1, -0.05) is 6.07 Å². The normalized spacial score (nSPS) is 12.4. The third kappa shape index (κ3) is 5.06. The molecular weight excluding hydrogens is 200 g/mol. The van der Waals surface area contributed by atoms with Gasteiger partial charge in [0.2, 0.25) is 0 Å². The molecule has 16 heavy (non-hydrogen) atoms. The van der Waals surface area contributed by atoms with Gasteiger partial charge in [0.1, 0.15) is 22.7 Å². The zero-order valence-electron chi connectivity index (χ0n) is 11.1. The summed E-state index contributed by atoms with van der Waals surface area (Å²) >= 11 is 0. The fourth-order valence-electron chi connectivity index (χ4n) is 1.31. The number of benzene rings is 1. The molecule has 0 aromatic heterocycles. The van der Waals surface area contributed by atoms with E-state index in [4.69, 9.17) is 9.47 Å². The van der Waals surface area contributed by atoms with Crippen molar-refractivity contribution in [3.63, 3.8) is 0 Å². The van der Waals surface area contributed by atoms with E-state index in [0.717, 1.165) is 11.5 Å². The molecule has 0 fully saturated rings. The van der Waals surface area contributed by atoms with Crippen LogP contribution in [-0.2, 0) is 0 Å². The van der Waals surface area contributed by atoms with Gasteiger partial charge in [0.25, 0.3) is 0 Å². The number of hydrogen-bond donors (Lipinski definition) is 0. The van der Waals surface area contributed by atoms with Crippen LogP contribution in [-0.4, -0.2) is 11.2 Å². The van der Waals surface area contributed by atoms with E-state index in [1.807, 2.05) is 65.8 Å². The maximum absolute atomic E-state index is 5.78. The third-order valence-electron chi connectivity index (χ3n) is 1.65. The average Bonchev–Trinajstić information content (AvgIpc) is 1.96. The molecule has 0 aliphatic carbocycles. The molecule has 1 aromatic carbocycles. The Labute approximate surface area is 98.6 Å². The van der Waals surface area contributed by atoms with Crippen LogP contribution < -0.4 is 9.47 Å². The van der Waals surface area contributed by atoms with Crippen LogP contribution in [0.15, 0.2) is 24.3 Å². The lowest BCUT2D eigenvalue weighted by atomic mass is 10.2. The monoisotopic (exact) mass is 222 g/mol. The Balaban J connectivity index is 2.79. The Morgan fingerprint density at radius 2 is 1.12 bits per heavy atom. The molecule has 0 unspecified atom stereocenters. The highest BCUT2D eigenvalue weighted by atomic mass is 16.5. The van der Waals surface area contributed by atoms with Crippen LogP contribution in [0.5, 0.6) is 11.5 Å². The first-order valence-corrected chi connectivity index (χ1v) is 5.64. The van der Waals surface area contributed by atoms with Crippen molar-refractivity contribution in [2.45, 2.75) is 52.7 Å². The molecule has 0 saturated heterocycles. The summed E-state index contributed by atoms with van der Waals surface area (Å²) in [6.45, 7) is 12.2. The minimum Gasteiger partial charge on any atom is -0.488 e. The average molecular weight is 222 g/mol. The Morgan fingerprint density at radius 1 is 0.750 bits per heavy atom. The van der Waals surface area contributed by atoms with Crippen molar-refractivity contribution in [2.24, 2.45) is 0 Å². The van der Waals surface area contributed by atoms with Crippen molar-refractivity contribution in [1.29, 1.82) is 0 Å². The maximum atomic E-state index is 5.78. The van der Waals surface area contributed by atoms with E-state index in [1.165, 1.54) is 0 Å². The van der Waals surface area contributed by atoms with Gasteiger partial charge in [-0.2, -0.15) is 0 Å². The van der Waals surface area contributed by atoms with Gasteiger partial charge >= 0.3 is 0 Å². The van der Waals surface area contributed by atoms with E-state index in [0.29, 0.717) is 0 Å². The summed E-state index contributed by atoms with van der Waals surface area (Å²) in [5.41, 5.74) is -0.360. The molecular formula is C14H22O2. The first kappa shape index (κ1) is 12.9. The highest BCUT2D eigenvalue weighted by molar-refractivity contribution is 5.33. The second-order valence-electron chi connectivity index (χ2n) is 5.90. The van der Waals surface area contributed by atoms with Gasteiger partial charge in [0, 0.05) is 6.07 Å². The highest BCUT2D eigenvalue weighted by Gasteiger charge is 2.14. The zero-order chi connectivity index (χ0) is 12.4. The molecule has 0 spiro atoms. The van der Waals surface area contributed by atoms with Gasteiger partial charge in [-0.15, -0.1) is 0 Å². The maximum Gasteiger partial charge on any atom is 0.123 e. The van der Waals surface area contributed by atoms with E-state index in [9.17, 15) is 0 Å². The number of rotatable bonds is 2. The fourth-order valence-corrected chi connectivity index (χ4v) is 1.31. The predicted molar refractivity (Wildman–Crippen MR) is 67.2 cm³/mol. The number of hydrogen-bond acceptors (Lipinski definition) is 2. The standard InChI is InChI=1S/C14H22O2/c1-13(2,3)15-11-8-7-9-12(10-11)16-14(4,5)6/h7-10H,1-6H3. The summed E-state index contributed by atoms with van der Waals surface area (Å²) in [5, 5.41) is 0. The summed E-state index contributed by atoms with van der Waals surface area (Å²) in [6, 6.07) is 7.76. The van der Waals surface area contributed by atoms with Gasteiger partial charge < -0.3 is 9.47 Å². The summed E-state index contributed by atoms with van der Waals surface area (Å²) in [6.07, 6.45) is 0. The Kier molecular flexibility index (Phi) is 3.51. The molecule has 0 N–H and O–H groups in total. The Morgan fingerprint density at radius 3 is 1.44 bits per heavy atom. The van der Waals surface area contributed by atoms with Crippen LogP contribution in [0.1, 0.15) is 41.5 Å². The quantitative estimate of drug-likeness (QED) is 0.751. The van der Waals surface area contributed by atoms with Crippen LogP contribution in [0.25, 0.3) is 0 Å². The smallest absolute Gasteiger partial charge is 0.123 e. The summed E-state index contributed by atoms with van der Waals surface area (Å²) < 4.78 is 11.6. The van der Waals surface area contributed by atoms with Crippen molar-refractivity contribution in [3.05, 3.63) is 24.3 Å². The van der Waals surface area contributed by atoms with E-state index in [1.54, 1.807) is 0 Å². The molecule has 0 atom stereocenters. The minimum atomic E-state index is -0.180. The van der Waals surface area contributed by atoms with Crippen LogP contribution in [0.2, 0.25) is 0 Å². The summed E-state index contributed by atoms with van der Waals surface area (Å²) in [7, 11) is 0. The van der Waals surface area contributed by atoms with Crippen molar-refractivity contribution in [2.75, 3.05) is 0 Å². The molecule has 0 amide bonds. The largest absolute Gasteiger partial charge is 0.488 e. The second kappa shape index (κ2) is 4.36. The molecule has 0 aliphatic rings. The van der Waals surface area contributed by atoms with Gasteiger partial charge in [-0.25, -0.2) is 0 Å². The molecule has 90 valence electrons. The molecule has 0 saturated carbocycles. The van der Waals surface area contributed by atoms with Gasteiger partial charge in [-0.05, 0) is 53.7 Å². The highest BCUT2D eigenvalue weighted by Crippen LogP contribution is 2.25. The van der Waals surface area contributed by atoms with E-state index < -0.39 is 0 Å². The molecule has 1 rings (SSSR count). The minimum absolute atomic E-state index is 0.180. The van der Waals surface area contributed by atoms with Gasteiger partial charge in [0.05, 0.1) is 0 Å². The first-order chi connectivity index (χ1) is 7.16. The van der Waals surface area contributed by atoms with Crippen molar-refractivity contribution >= 4 is 0 Å². The lowest BCUT2D eigenvalue weighted by Gasteiger charge is -2.24. The second-order valence-corrected chi connectivity index (χ2v) is 5.90. The lowest BCUT2D eigenvalue weighted by molar-refractivity contribution is 0.121. The van der Waals surface area contributed by atoms with Crippen molar-refractivity contribution in [3.8, 4) is 11.5 Å². The Hall–Kier alpha value is -1.18. The molecule has 0 aliphatic heterocycles. The van der Waals surface area contributed by atoms with E-state index in [2.05, 4.69) is 0 Å². The molecule has 0 heterocycles. The third-order valence-corrected chi connectivity index (χ3v) is 1.65. The Bertz CT molecular complexity index is 311. The molecule has 0 radical (unpaired) electrons. The predicted octanol–water partition coefficient (Wildman–Crippen LogP) is 4.04. The molecule has 1 aromatic rings. The van der Waals surface area contributed by atoms with Crippen LogP contribution in [0, 0.1) is 0 Å². The van der Waals surface area contributed by atoms with Crippen molar-refractivity contribution in [1.82, 2.24) is 0 Å². The zero-order valence-corrected chi connectivity index (χ0v) is 11.1. The van der Waals surface area contributed by atoms with Crippen molar-refractivity contribution < 1.29 is 9.47 Å². The van der Waals surface area contributed by atoms with Crippen LogP contribution in [0.4, 0.5) is 0 Å². The van der Waals surface area contributed by atoms with Gasteiger partial charge in [-0.3, -0.25) is 0 Å². The lowest BCUT2D eigenvalue weighted by Crippen LogP contribution is -2.24. The van der Waals surface area contributed by atoms with E-state index in [-0.39, 0.29) is 11.2 Å². The summed E-state index contributed by atoms with van der Waals surface area (Å²) in [5.74, 6) is 1.68. The molecule has 2 nitrogen and oxygen atoms in total.